The Labute approximate surface area is 192 Å². The Morgan fingerprint density at radius 1 is 1.12 bits per heavy atom. The van der Waals surface area contributed by atoms with Gasteiger partial charge < -0.3 is 14.5 Å². The monoisotopic (exact) mass is 466 g/mol. The second-order valence-electron chi connectivity index (χ2n) is 8.40. The number of anilines is 1. The van der Waals surface area contributed by atoms with Crippen LogP contribution in [0.3, 0.4) is 0 Å². The lowest BCUT2D eigenvalue weighted by atomic mass is 10.1. The van der Waals surface area contributed by atoms with E-state index >= 15 is 0 Å². The molecule has 0 atom stereocenters. The van der Waals surface area contributed by atoms with Crippen molar-refractivity contribution in [3.05, 3.63) is 57.0 Å². The van der Waals surface area contributed by atoms with Gasteiger partial charge in [0.15, 0.2) is 17.0 Å². The smallest absolute Gasteiger partial charge is 0.325 e. The molecule has 0 fully saturated rings. The maximum absolute atomic E-state index is 14.7. The van der Waals surface area contributed by atoms with E-state index in [4.69, 9.17) is 0 Å². The van der Waals surface area contributed by atoms with Crippen LogP contribution in [0.2, 0.25) is 0 Å². The van der Waals surface area contributed by atoms with Crippen molar-refractivity contribution in [1.29, 1.82) is 0 Å². The molecule has 3 aromatic heterocycles. The minimum Gasteiger partial charge on any atom is -0.325 e. The summed E-state index contributed by atoms with van der Waals surface area (Å²) in [6.45, 7) is 0.510. The molecule has 1 aromatic carbocycles. The van der Waals surface area contributed by atoms with Crippen molar-refractivity contribution in [2.75, 3.05) is 5.32 Å². The molecule has 0 unspecified atom stereocenters. The van der Waals surface area contributed by atoms with E-state index in [1.54, 1.807) is 0 Å². The number of hydrogen-bond acceptors (Lipinski definition) is 6. The number of imidazole rings is 1. The van der Waals surface area contributed by atoms with Crippen molar-refractivity contribution in [2.24, 2.45) is 14.1 Å². The lowest BCUT2D eigenvalue weighted by molar-refractivity contribution is -0.116. The van der Waals surface area contributed by atoms with Crippen molar-refractivity contribution in [3.63, 3.8) is 0 Å². The van der Waals surface area contributed by atoms with Crippen LogP contribution in [-0.2, 0) is 38.4 Å². The zero-order valence-electron chi connectivity index (χ0n) is 18.8. The average Bonchev–Trinajstić information content (AvgIpc) is 3.34. The number of amides is 1. The second-order valence-corrected chi connectivity index (χ2v) is 8.40. The molecule has 0 saturated carbocycles. The van der Waals surface area contributed by atoms with E-state index in [1.807, 2.05) is 4.57 Å². The van der Waals surface area contributed by atoms with Crippen LogP contribution in [-0.4, -0.2) is 39.4 Å². The number of aryl methyl sites for hydroxylation is 2. The first-order valence-corrected chi connectivity index (χ1v) is 11.0. The van der Waals surface area contributed by atoms with Gasteiger partial charge in [0, 0.05) is 32.7 Å². The third kappa shape index (κ3) is 3.60. The van der Waals surface area contributed by atoms with Crippen LogP contribution in [0.4, 0.5) is 10.1 Å². The highest BCUT2D eigenvalue weighted by molar-refractivity contribution is 5.92. The highest BCUT2D eigenvalue weighted by Crippen LogP contribution is 2.27. The standard InChI is InChI=1S/C22H23FN8O3/c1-28-20-18(21(33)29(2)22(28)34)30(12-24-20)11-17(32)25-13-7-8-15(23)14(10-13)19-27-26-16-6-4-3-5-9-31(16)19/h7-8,10,12H,3-6,9,11H2,1-2H3,(H,25,32). The first kappa shape index (κ1) is 21.7. The van der Waals surface area contributed by atoms with Gasteiger partial charge in [-0.05, 0) is 31.0 Å². The Hall–Kier alpha value is -4.09. The normalized spacial score (nSPS) is 13.6. The summed E-state index contributed by atoms with van der Waals surface area (Å²) in [5.41, 5.74) is -0.0620. The third-order valence-electron chi connectivity index (χ3n) is 6.13. The summed E-state index contributed by atoms with van der Waals surface area (Å²) in [7, 11) is 2.87. The van der Waals surface area contributed by atoms with E-state index < -0.39 is 23.0 Å². The molecule has 11 nitrogen and oxygen atoms in total. The molecule has 0 bridgehead atoms. The van der Waals surface area contributed by atoms with Gasteiger partial charge >= 0.3 is 5.69 Å². The van der Waals surface area contributed by atoms with Crippen LogP contribution in [0.25, 0.3) is 22.6 Å². The zero-order chi connectivity index (χ0) is 24.0. The van der Waals surface area contributed by atoms with Gasteiger partial charge in [0.25, 0.3) is 5.56 Å². The minimum atomic E-state index is -0.542. The number of hydrogen-bond donors (Lipinski definition) is 1. The number of nitrogens with zero attached hydrogens (tertiary/aromatic N) is 7. The van der Waals surface area contributed by atoms with Gasteiger partial charge in [-0.25, -0.2) is 14.2 Å². The summed E-state index contributed by atoms with van der Waals surface area (Å²) in [6, 6.07) is 4.27. The molecule has 1 aliphatic heterocycles. The quantitative estimate of drug-likeness (QED) is 0.482. The predicted molar refractivity (Wildman–Crippen MR) is 122 cm³/mol. The van der Waals surface area contributed by atoms with E-state index in [1.165, 1.54) is 47.8 Å². The number of nitrogens with one attached hydrogen (secondary N) is 1. The lowest BCUT2D eigenvalue weighted by Crippen LogP contribution is -2.37. The zero-order valence-corrected chi connectivity index (χ0v) is 18.8. The highest BCUT2D eigenvalue weighted by atomic mass is 19.1. The van der Waals surface area contributed by atoms with Gasteiger partial charge in [-0.15, -0.1) is 10.2 Å². The Kier molecular flexibility index (Phi) is 5.34. The summed E-state index contributed by atoms with van der Waals surface area (Å²) >= 11 is 0. The van der Waals surface area contributed by atoms with Crippen molar-refractivity contribution < 1.29 is 9.18 Å². The van der Waals surface area contributed by atoms with E-state index in [9.17, 15) is 18.8 Å². The summed E-state index contributed by atoms with van der Waals surface area (Å²) in [6.07, 6.45) is 5.22. The molecule has 1 aliphatic rings. The number of carbonyl (C=O) groups excluding carboxylic acids is 1. The number of benzene rings is 1. The second kappa shape index (κ2) is 8.36. The topological polar surface area (TPSA) is 122 Å². The molecule has 1 N–H and O–H groups in total. The first-order chi connectivity index (χ1) is 16.3. The fraction of sp³-hybridized carbons (Fsp3) is 0.364. The first-order valence-electron chi connectivity index (χ1n) is 11.0. The molecule has 1 amide bonds. The van der Waals surface area contributed by atoms with E-state index in [0.717, 1.165) is 42.6 Å². The Bertz CT molecular complexity index is 1540. The largest absolute Gasteiger partial charge is 0.332 e. The fourth-order valence-electron chi connectivity index (χ4n) is 4.33. The number of aromatic nitrogens is 7. The molecule has 5 rings (SSSR count). The molecular formula is C22H23FN8O3. The van der Waals surface area contributed by atoms with E-state index in [-0.39, 0.29) is 23.3 Å². The molecule has 176 valence electrons. The molecule has 34 heavy (non-hydrogen) atoms. The third-order valence-corrected chi connectivity index (χ3v) is 6.13. The van der Waals surface area contributed by atoms with Crippen molar-refractivity contribution in [3.8, 4) is 11.4 Å². The summed E-state index contributed by atoms with van der Waals surface area (Å²) in [4.78, 5) is 41.6. The van der Waals surface area contributed by atoms with Gasteiger partial charge in [-0.3, -0.25) is 18.7 Å². The average molecular weight is 466 g/mol. The molecule has 0 aliphatic carbocycles. The predicted octanol–water partition coefficient (Wildman–Crippen LogP) is 1.20. The molecule has 0 radical (unpaired) electrons. The SMILES string of the molecule is Cn1c(=O)c2c(ncn2CC(=O)Nc2ccc(F)c(-c3nnc4n3CCCCC4)c2)n(C)c1=O. The van der Waals surface area contributed by atoms with Crippen LogP contribution < -0.4 is 16.6 Å². The molecule has 0 saturated heterocycles. The number of halogens is 1. The maximum Gasteiger partial charge on any atom is 0.332 e. The van der Waals surface area contributed by atoms with Crippen LogP contribution in [0.1, 0.15) is 25.1 Å². The van der Waals surface area contributed by atoms with Crippen molar-refractivity contribution >= 4 is 22.8 Å². The minimum absolute atomic E-state index is 0.144. The van der Waals surface area contributed by atoms with Gasteiger partial charge in [0.05, 0.1) is 11.9 Å². The maximum atomic E-state index is 14.7. The summed E-state index contributed by atoms with van der Waals surface area (Å²) in [5.74, 6) is 0.384. The number of rotatable bonds is 4. The van der Waals surface area contributed by atoms with E-state index in [0.29, 0.717) is 11.5 Å². The molecule has 0 spiro atoms. The van der Waals surface area contributed by atoms with Crippen LogP contribution in [0.15, 0.2) is 34.1 Å². The fourth-order valence-corrected chi connectivity index (χ4v) is 4.33. The van der Waals surface area contributed by atoms with Crippen LogP contribution in [0.5, 0.6) is 0 Å². The molecule has 12 heteroatoms. The van der Waals surface area contributed by atoms with Crippen molar-refractivity contribution in [1.82, 2.24) is 33.4 Å². The van der Waals surface area contributed by atoms with Crippen LogP contribution in [0, 0.1) is 5.82 Å². The van der Waals surface area contributed by atoms with E-state index in [2.05, 4.69) is 20.5 Å². The Morgan fingerprint density at radius 3 is 2.76 bits per heavy atom. The Morgan fingerprint density at radius 2 is 1.94 bits per heavy atom. The Balaban J connectivity index is 1.42. The van der Waals surface area contributed by atoms with Crippen molar-refractivity contribution in [2.45, 2.75) is 38.8 Å². The highest BCUT2D eigenvalue weighted by Gasteiger charge is 2.20. The summed E-state index contributed by atoms with van der Waals surface area (Å²) < 4.78 is 20.2. The summed E-state index contributed by atoms with van der Waals surface area (Å²) in [5, 5.41) is 11.2. The number of carbonyl (C=O) groups is 1. The van der Waals surface area contributed by atoms with Gasteiger partial charge in [-0.2, -0.15) is 0 Å². The lowest BCUT2D eigenvalue weighted by Gasteiger charge is -2.11. The van der Waals surface area contributed by atoms with Crippen LogP contribution >= 0.6 is 0 Å². The molecular weight excluding hydrogens is 443 g/mol. The molecule has 4 aromatic rings. The van der Waals surface area contributed by atoms with Gasteiger partial charge in [-0.1, -0.05) is 6.42 Å². The van der Waals surface area contributed by atoms with Gasteiger partial charge in [0.2, 0.25) is 5.91 Å². The number of fused-ring (bicyclic) bond motifs is 2. The van der Waals surface area contributed by atoms with Gasteiger partial charge in [0.1, 0.15) is 18.2 Å². The molecule has 4 heterocycles.